The van der Waals surface area contributed by atoms with Crippen molar-refractivity contribution in [3.05, 3.63) is 82.4 Å². The van der Waals surface area contributed by atoms with Crippen LogP contribution in [0.5, 0.6) is 0 Å². The van der Waals surface area contributed by atoms with E-state index >= 15 is 0 Å². The molecule has 0 aliphatic rings. The molecule has 0 saturated heterocycles. The zero-order valence-electron chi connectivity index (χ0n) is 11.8. The van der Waals surface area contributed by atoms with Gasteiger partial charge in [0, 0.05) is 15.2 Å². The molecule has 0 heterocycles. The molecule has 0 N–H and O–H groups in total. The highest BCUT2D eigenvalue weighted by atomic mass is 79.9. The van der Waals surface area contributed by atoms with E-state index in [1.54, 1.807) is 0 Å². The van der Waals surface area contributed by atoms with Crippen LogP contribution in [0.2, 0.25) is 5.02 Å². The summed E-state index contributed by atoms with van der Waals surface area (Å²) in [5.74, 6) is 0. The highest BCUT2D eigenvalue weighted by molar-refractivity contribution is 9.09. The number of aryl methyl sites for hydroxylation is 1. The van der Waals surface area contributed by atoms with Gasteiger partial charge in [-0.25, -0.2) is 0 Å². The minimum Gasteiger partial charge on any atom is -0.0837 e. The van der Waals surface area contributed by atoms with Gasteiger partial charge in [0.15, 0.2) is 0 Å². The smallest absolute Gasteiger partial charge is 0.0484 e. The fourth-order valence-corrected chi connectivity index (χ4v) is 3.68. The van der Waals surface area contributed by atoms with Crippen LogP contribution in [0.15, 0.2) is 60.7 Å². The van der Waals surface area contributed by atoms with Gasteiger partial charge in [-0.3, -0.25) is 0 Å². The van der Waals surface area contributed by atoms with Gasteiger partial charge in [0.2, 0.25) is 0 Å². The van der Waals surface area contributed by atoms with E-state index in [1.165, 1.54) is 22.1 Å². The number of rotatable bonds is 3. The van der Waals surface area contributed by atoms with Gasteiger partial charge >= 0.3 is 0 Å². The van der Waals surface area contributed by atoms with Crippen molar-refractivity contribution >= 4 is 38.3 Å². The molecule has 0 spiro atoms. The summed E-state index contributed by atoms with van der Waals surface area (Å²) in [6.07, 6.45) is 0.971. The summed E-state index contributed by atoms with van der Waals surface area (Å²) in [7, 11) is 0. The Hall–Kier alpha value is -1.31. The van der Waals surface area contributed by atoms with Crippen LogP contribution in [0.1, 0.15) is 21.5 Å². The van der Waals surface area contributed by atoms with Gasteiger partial charge < -0.3 is 0 Å². The molecule has 0 aliphatic heterocycles. The SMILES string of the molecule is Cc1ccccc1CC(Br)c1ccc(Cl)c2ccccc12. The molecule has 3 aromatic carbocycles. The normalized spacial score (nSPS) is 12.5. The summed E-state index contributed by atoms with van der Waals surface area (Å²) in [5, 5.41) is 3.15. The van der Waals surface area contributed by atoms with E-state index < -0.39 is 0 Å². The van der Waals surface area contributed by atoms with E-state index in [4.69, 9.17) is 11.6 Å². The summed E-state index contributed by atoms with van der Waals surface area (Å²) >= 11 is 10.2. The molecule has 21 heavy (non-hydrogen) atoms. The number of halogens is 2. The lowest BCUT2D eigenvalue weighted by atomic mass is 9.96. The summed E-state index contributed by atoms with van der Waals surface area (Å²) in [6.45, 7) is 2.16. The molecular formula is C19H16BrCl. The Morgan fingerprint density at radius 3 is 2.33 bits per heavy atom. The van der Waals surface area contributed by atoms with Gasteiger partial charge in [-0.05, 0) is 41.5 Å². The van der Waals surface area contributed by atoms with Crippen LogP contribution in [0, 0.1) is 6.92 Å². The Balaban J connectivity index is 2.01. The number of hydrogen-bond acceptors (Lipinski definition) is 0. The van der Waals surface area contributed by atoms with Crippen LogP contribution in [-0.4, -0.2) is 0 Å². The van der Waals surface area contributed by atoms with Crippen molar-refractivity contribution in [3.63, 3.8) is 0 Å². The Labute approximate surface area is 138 Å². The van der Waals surface area contributed by atoms with Crippen LogP contribution in [0.3, 0.4) is 0 Å². The first-order valence-corrected chi connectivity index (χ1v) is 8.32. The average Bonchev–Trinajstić information content (AvgIpc) is 2.50. The summed E-state index contributed by atoms with van der Waals surface area (Å²) in [6, 6.07) is 21.0. The third-order valence-corrected chi connectivity index (χ3v) is 5.05. The third kappa shape index (κ3) is 3.00. The van der Waals surface area contributed by atoms with Gasteiger partial charge in [-0.2, -0.15) is 0 Å². The van der Waals surface area contributed by atoms with Crippen molar-refractivity contribution in [3.8, 4) is 0 Å². The first-order valence-electron chi connectivity index (χ1n) is 7.02. The van der Waals surface area contributed by atoms with E-state index in [0.717, 1.165) is 16.8 Å². The third-order valence-electron chi connectivity index (χ3n) is 3.90. The van der Waals surface area contributed by atoms with Crippen molar-refractivity contribution in [2.75, 3.05) is 0 Å². The first kappa shape index (κ1) is 14.6. The number of hydrogen-bond donors (Lipinski definition) is 0. The Morgan fingerprint density at radius 1 is 0.905 bits per heavy atom. The van der Waals surface area contributed by atoms with Crippen molar-refractivity contribution < 1.29 is 0 Å². The molecule has 0 aromatic heterocycles. The standard InChI is InChI=1S/C19H16BrCl/c1-13-6-2-3-7-14(13)12-18(20)16-10-11-19(21)17-9-5-4-8-15(16)17/h2-11,18H,12H2,1H3. The lowest BCUT2D eigenvalue weighted by Crippen LogP contribution is -1.98. The summed E-state index contributed by atoms with van der Waals surface area (Å²) in [5.41, 5.74) is 4.00. The monoisotopic (exact) mass is 358 g/mol. The van der Waals surface area contributed by atoms with Crippen LogP contribution < -0.4 is 0 Å². The van der Waals surface area contributed by atoms with E-state index in [2.05, 4.69) is 71.4 Å². The van der Waals surface area contributed by atoms with E-state index in [0.29, 0.717) is 0 Å². The molecule has 0 bridgehead atoms. The second-order valence-electron chi connectivity index (χ2n) is 5.28. The van der Waals surface area contributed by atoms with Crippen LogP contribution >= 0.6 is 27.5 Å². The van der Waals surface area contributed by atoms with Crippen LogP contribution in [0.25, 0.3) is 10.8 Å². The maximum atomic E-state index is 6.30. The molecule has 3 rings (SSSR count). The predicted octanol–water partition coefficient (Wildman–Crippen LogP) is 6.48. The fourth-order valence-electron chi connectivity index (χ4n) is 2.70. The Kier molecular flexibility index (Phi) is 4.32. The second kappa shape index (κ2) is 6.21. The highest BCUT2D eigenvalue weighted by Crippen LogP contribution is 2.35. The van der Waals surface area contributed by atoms with E-state index in [1.807, 2.05) is 12.1 Å². The molecule has 0 aliphatic carbocycles. The molecule has 0 radical (unpaired) electrons. The first-order chi connectivity index (χ1) is 10.2. The predicted molar refractivity (Wildman–Crippen MR) is 95.5 cm³/mol. The quantitative estimate of drug-likeness (QED) is 0.469. The van der Waals surface area contributed by atoms with E-state index in [-0.39, 0.29) is 4.83 Å². The van der Waals surface area contributed by atoms with Gasteiger partial charge in [0.05, 0.1) is 0 Å². The minimum atomic E-state index is 0.278. The largest absolute Gasteiger partial charge is 0.0837 e. The second-order valence-corrected chi connectivity index (χ2v) is 6.79. The van der Waals surface area contributed by atoms with Crippen LogP contribution in [0.4, 0.5) is 0 Å². The van der Waals surface area contributed by atoms with Crippen molar-refractivity contribution in [2.45, 2.75) is 18.2 Å². The Bertz CT molecular complexity index is 779. The average molecular weight is 360 g/mol. The lowest BCUT2D eigenvalue weighted by Gasteiger charge is -2.15. The number of fused-ring (bicyclic) bond motifs is 1. The maximum Gasteiger partial charge on any atom is 0.0484 e. The minimum absolute atomic E-state index is 0.278. The molecule has 1 unspecified atom stereocenters. The Morgan fingerprint density at radius 2 is 1.57 bits per heavy atom. The molecule has 0 nitrogen and oxygen atoms in total. The molecule has 0 saturated carbocycles. The van der Waals surface area contributed by atoms with E-state index in [9.17, 15) is 0 Å². The summed E-state index contributed by atoms with van der Waals surface area (Å²) in [4.78, 5) is 0.278. The van der Waals surface area contributed by atoms with Crippen LogP contribution in [-0.2, 0) is 6.42 Å². The fraction of sp³-hybridized carbons (Fsp3) is 0.158. The molecule has 1 atom stereocenters. The van der Waals surface area contributed by atoms with Gasteiger partial charge in [-0.1, -0.05) is 82.1 Å². The molecular weight excluding hydrogens is 344 g/mol. The highest BCUT2D eigenvalue weighted by Gasteiger charge is 2.14. The van der Waals surface area contributed by atoms with Gasteiger partial charge in [0.25, 0.3) is 0 Å². The molecule has 2 heteroatoms. The zero-order chi connectivity index (χ0) is 14.8. The zero-order valence-corrected chi connectivity index (χ0v) is 14.2. The lowest BCUT2D eigenvalue weighted by molar-refractivity contribution is 0.947. The maximum absolute atomic E-state index is 6.30. The molecule has 106 valence electrons. The molecule has 0 fully saturated rings. The molecule has 0 amide bonds. The number of benzene rings is 3. The summed E-state index contributed by atoms with van der Waals surface area (Å²) < 4.78 is 0. The molecule has 3 aromatic rings. The van der Waals surface area contributed by atoms with Gasteiger partial charge in [0.1, 0.15) is 0 Å². The topological polar surface area (TPSA) is 0 Å². The van der Waals surface area contributed by atoms with Crippen molar-refractivity contribution in [2.24, 2.45) is 0 Å². The number of alkyl halides is 1. The van der Waals surface area contributed by atoms with Crippen molar-refractivity contribution in [1.82, 2.24) is 0 Å². The van der Waals surface area contributed by atoms with Crippen molar-refractivity contribution in [1.29, 1.82) is 0 Å². The van der Waals surface area contributed by atoms with Gasteiger partial charge in [-0.15, -0.1) is 0 Å².